The Bertz CT molecular complexity index is 750. The number of anilines is 2. The monoisotopic (exact) mass is 318 g/mol. The second-order valence-electron chi connectivity index (χ2n) is 4.33. The predicted molar refractivity (Wildman–Crippen MR) is 87.6 cm³/mol. The van der Waals surface area contributed by atoms with E-state index in [0.717, 1.165) is 11.3 Å². The Morgan fingerprint density at radius 3 is 2.86 bits per heavy atom. The molecular weight excluding hydrogens is 304 g/mol. The first kappa shape index (κ1) is 15.8. The fourth-order valence-electron chi connectivity index (χ4n) is 1.82. The van der Waals surface area contributed by atoms with Crippen LogP contribution in [-0.4, -0.2) is 23.7 Å². The van der Waals surface area contributed by atoms with Crippen LogP contribution in [0.15, 0.2) is 46.0 Å². The first-order valence-electron chi connectivity index (χ1n) is 6.47. The number of amides is 1. The minimum Gasteiger partial charge on any atom is -0.431 e. The van der Waals surface area contributed by atoms with Gasteiger partial charge in [0, 0.05) is 12.6 Å². The largest absolute Gasteiger partial charge is 0.431 e. The summed E-state index contributed by atoms with van der Waals surface area (Å²) in [6.07, 6.45) is 4.93. The molecule has 0 bridgehead atoms. The van der Waals surface area contributed by atoms with E-state index >= 15 is 0 Å². The number of benzene rings is 1. The van der Waals surface area contributed by atoms with E-state index in [0.29, 0.717) is 10.7 Å². The Balaban J connectivity index is 2.29. The highest BCUT2D eigenvalue weighted by Gasteiger charge is 2.13. The van der Waals surface area contributed by atoms with Gasteiger partial charge in [0.15, 0.2) is 5.69 Å². The van der Waals surface area contributed by atoms with Gasteiger partial charge in [-0.25, -0.2) is 0 Å². The van der Waals surface area contributed by atoms with Gasteiger partial charge in [0.05, 0.1) is 16.4 Å². The molecule has 0 saturated carbocycles. The van der Waals surface area contributed by atoms with Crippen molar-refractivity contribution in [2.24, 2.45) is 4.99 Å². The summed E-state index contributed by atoms with van der Waals surface area (Å²) in [6, 6.07) is 5.19. The van der Waals surface area contributed by atoms with Crippen LogP contribution in [0.25, 0.3) is 0 Å². The second kappa shape index (κ2) is 6.91. The van der Waals surface area contributed by atoms with Crippen molar-refractivity contribution in [2.45, 2.75) is 6.92 Å². The summed E-state index contributed by atoms with van der Waals surface area (Å²) < 4.78 is 4.81. The van der Waals surface area contributed by atoms with Crippen molar-refractivity contribution in [1.82, 2.24) is 4.98 Å². The molecular formula is C15H15ClN4O2. The van der Waals surface area contributed by atoms with Gasteiger partial charge >= 0.3 is 0 Å². The maximum absolute atomic E-state index is 12.1. The molecule has 22 heavy (non-hydrogen) atoms. The number of nitrogen functional groups attached to an aromatic ring is 1. The molecule has 2 aromatic rings. The molecule has 1 aromatic carbocycles. The standard InChI is InChI=1S/C15H15ClN4O2/c1-3-4-11(18-2)9-5-6-10(16)12(7-9)19-14(21)13-8-22-15(17)20-13/h3-8H,1-2H3,(H2,17,20)(H,19,21)/b4-3-,18-11?. The van der Waals surface area contributed by atoms with Crippen LogP contribution in [0.3, 0.4) is 0 Å². The molecule has 3 N–H and O–H groups in total. The summed E-state index contributed by atoms with van der Waals surface area (Å²) >= 11 is 6.12. The fraction of sp³-hybridized carbons (Fsp3) is 0.133. The number of halogens is 1. The van der Waals surface area contributed by atoms with E-state index in [9.17, 15) is 4.79 Å². The number of nitrogens with one attached hydrogen (secondary N) is 1. The summed E-state index contributed by atoms with van der Waals surface area (Å²) in [5.74, 6) is -0.458. The van der Waals surface area contributed by atoms with Crippen LogP contribution >= 0.6 is 11.6 Å². The average molecular weight is 319 g/mol. The maximum atomic E-state index is 12.1. The molecule has 0 atom stereocenters. The molecule has 0 fully saturated rings. The lowest BCUT2D eigenvalue weighted by molar-refractivity contribution is 0.102. The van der Waals surface area contributed by atoms with Gasteiger partial charge in [0.1, 0.15) is 6.26 Å². The van der Waals surface area contributed by atoms with Crippen LogP contribution in [0, 0.1) is 0 Å². The molecule has 0 saturated heterocycles. The summed E-state index contributed by atoms with van der Waals surface area (Å²) in [7, 11) is 1.69. The van der Waals surface area contributed by atoms with Gasteiger partial charge in [0.25, 0.3) is 11.9 Å². The molecule has 0 radical (unpaired) electrons. The number of hydrogen-bond acceptors (Lipinski definition) is 5. The molecule has 1 aromatic heterocycles. The van der Waals surface area contributed by atoms with Gasteiger partial charge < -0.3 is 15.5 Å². The quantitative estimate of drug-likeness (QED) is 0.847. The van der Waals surface area contributed by atoms with E-state index in [1.807, 2.05) is 25.1 Å². The van der Waals surface area contributed by atoms with Crippen molar-refractivity contribution in [1.29, 1.82) is 0 Å². The zero-order chi connectivity index (χ0) is 16.1. The summed E-state index contributed by atoms with van der Waals surface area (Å²) in [4.78, 5) is 20.0. The summed E-state index contributed by atoms with van der Waals surface area (Å²) in [5.41, 5.74) is 7.49. The third kappa shape index (κ3) is 3.53. The van der Waals surface area contributed by atoms with E-state index in [-0.39, 0.29) is 11.7 Å². The topological polar surface area (TPSA) is 93.5 Å². The molecule has 0 spiro atoms. The first-order chi connectivity index (χ1) is 10.5. The maximum Gasteiger partial charge on any atom is 0.292 e. The Kier molecular flexibility index (Phi) is 4.95. The SMILES string of the molecule is C/C=C\C(=NC)c1ccc(Cl)c(NC(=O)c2coc(N)n2)c1. The fourth-order valence-corrected chi connectivity index (χ4v) is 1.98. The van der Waals surface area contributed by atoms with Crippen LogP contribution in [0.5, 0.6) is 0 Å². The molecule has 0 unspecified atom stereocenters. The highest BCUT2D eigenvalue weighted by molar-refractivity contribution is 6.34. The number of carbonyl (C=O) groups is 1. The Morgan fingerprint density at radius 1 is 1.50 bits per heavy atom. The molecule has 0 aliphatic heterocycles. The van der Waals surface area contributed by atoms with Crippen molar-refractivity contribution in [2.75, 3.05) is 18.1 Å². The third-order valence-electron chi connectivity index (χ3n) is 2.83. The third-order valence-corrected chi connectivity index (χ3v) is 3.16. The van der Waals surface area contributed by atoms with Crippen molar-refractivity contribution >= 4 is 34.9 Å². The van der Waals surface area contributed by atoms with Gasteiger partial charge in [-0.2, -0.15) is 4.98 Å². The highest BCUT2D eigenvalue weighted by Crippen LogP contribution is 2.24. The molecule has 7 heteroatoms. The number of aromatic nitrogens is 1. The number of rotatable bonds is 4. The normalized spacial score (nSPS) is 11.9. The lowest BCUT2D eigenvalue weighted by Gasteiger charge is -2.08. The Morgan fingerprint density at radius 2 is 2.27 bits per heavy atom. The molecule has 1 amide bonds. The lowest BCUT2D eigenvalue weighted by atomic mass is 10.1. The van der Waals surface area contributed by atoms with Crippen molar-refractivity contribution < 1.29 is 9.21 Å². The van der Waals surface area contributed by atoms with Gasteiger partial charge in [-0.05, 0) is 25.1 Å². The van der Waals surface area contributed by atoms with E-state index in [1.165, 1.54) is 6.26 Å². The average Bonchev–Trinajstić information content (AvgIpc) is 2.94. The molecule has 114 valence electrons. The van der Waals surface area contributed by atoms with E-state index in [2.05, 4.69) is 15.3 Å². The van der Waals surface area contributed by atoms with Crippen LogP contribution in [0.4, 0.5) is 11.7 Å². The van der Waals surface area contributed by atoms with Crippen LogP contribution in [0.2, 0.25) is 5.02 Å². The number of nitrogens with zero attached hydrogens (tertiary/aromatic N) is 2. The molecule has 1 heterocycles. The molecule has 2 rings (SSSR count). The van der Waals surface area contributed by atoms with Crippen molar-refractivity contribution in [3.8, 4) is 0 Å². The van der Waals surface area contributed by atoms with Crippen molar-refractivity contribution in [3.63, 3.8) is 0 Å². The highest BCUT2D eigenvalue weighted by atomic mass is 35.5. The molecule has 6 nitrogen and oxygen atoms in total. The smallest absolute Gasteiger partial charge is 0.292 e. The number of aliphatic imine (C=N–C) groups is 1. The first-order valence-corrected chi connectivity index (χ1v) is 6.84. The number of carbonyl (C=O) groups excluding carboxylic acids is 1. The van der Waals surface area contributed by atoms with Gasteiger partial charge in [-0.15, -0.1) is 0 Å². The summed E-state index contributed by atoms with van der Waals surface area (Å²) in [5, 5.41) is 3.08. The number of nitrogens with two attached hydrogens (primary N) is 1. The minimum atomic E-state index is -0.458. The predicted octanol–water partition coefficient (Wildman–Crippen LogP) is 3.16. The lowest BCUT2D eigenvalue weighted by Crippen LogP contribution is -2.13. The molecule has 0 aliphatic carbocycles. The van der Waals surface area contributed by atoms with Crippen LogP contribution < -0.4 is 11.1 Å². The Labute approximate surface area is 132 Å². The van der Waals surface area contributed by atoms with Crippen LogP contribution in [-0.2, 0) is 0 Å². The minimum absolute atomic E-state index is 0.0708. The van der Waals surface area contributed by atoms with Gasteiger partial charge in [0.2, 0.25) is 0 Å². The van der Waals surface area contributed by atoms with Gasteiger partial charge in [-0.3, -0.25) is 9.79 Å². The van der Waals surface area contributed by atoms with Gasteiger partial charge in [-0.1, -0.05) is 23.7 Å². The number of hydrogen-bond donors (Lipinski definition) is 2. The zero-order valence-corrected chi connectivity index (χ0v) is 12.9. The van der Waals surface area contributed by atoms with E-state index < -0.39 is 5.91 Å². The second-order valence-corrected chi connectivity index (χ2v) is 4.74. The number of allylic oxidation sites excluding steroid dienone is 2. The summed E-state index contributed by atoms with van der Waals surface area (Å²) in [6.45, 7) is 1.90. The molecule has 0 aliphatic rings. The van der Waals surface area contributed by atoms with E-state index in [4.69, 9.17) is 21.8 Å². The van der Waals surface area contributed by atoms with Crippen molar-refractivity contribution in [3.05, 3.63) is 52.9 Å². The number of oxazole rings is 1. The van der Waals surface area contributed by atoms with E-state index in [1.54, 1.807) is 19.2 Å². The van der Waals surface area contributed by atoms with Crippen LogP contribution in [0.1, 0.15) is 23.0 Å². The Hall–Kier alpha value is -2.60. The zero-order valence-electron chi connectivity index (χ0n) is 12.1.